The number of hydrogen-bond donors (Lipinski definition) is 2. The zero-order chi connectivity index (χ0) is 15.4. The standard InChI is InChI=1S/C14H16Cl2N2O3/c15-10-1-2-11(16)12(7-10)17-13(19)8-18-5-3-9(4-6-18)14(20)21/h1-2,7,9H,3-6,8H2,(H,17,19)(H,20,21). The zero-order valence-electron chi connectivity index (χ0n) is 11.3. The Labute approximate surface area is 132 Å². The smallest absolute Gasteiger partial charge is 0.279 e. The molecule has 5 nitrogen and oxygen atoms in total. The van der Waals surface area contributed by atoms with E-state index in [9.17, 15) is 14.7 Å². The van der Waals surface area contributed by atoms with Crippen molar-refractivity contribution in [3.05, 3.63) is 28.2 Å². The molecular formula is C14H16Cl2N2O3. The highest BCUT2D eigenvalue weighted by atomic mass is 35.5. The van der Waals surface area contributed by atoms with E-state index in [-0.39, 0.29) is 18.4 Å². The second-order valence-electron chi connectivity index (χ2n) is 5.19. The van der Waals surface area contributed by atoms with E-state index >= 15 is 0 Å². The number of hydrogen-bond acceptors (Lipinski definition) is 3. The highest BCUT2D eigenvalue weighted by Gasteiger charge is 2.24. The van der Waals surface area contributed by atoms with Crippen LogP contribution < -0.4 is 15.3 Å². The predicted octanol–water partition coefficient (Wildman–Crippen LogP) is -0.0233. The summed E-state index contributed by atoms with van der Waals surface area (Å²) in [7, 11) is 0. The second kappa shape index (κ2) is 7.11. The van der Waals surface area contributed by atoms with E-state index in [1.165, 1.54) is 0 Å². The number of benzene rings is 1. The van der Waals surface area contributed by atoms with E-state index in [2.05, 4.69) is 5.32 Å². The summed E-state index contributed by atoms with van der Waals surface area (Å²) < 4.78 is 0. The molecular weight excluding hydrogens is 315 g/mol. The normalized spacial score (nSPS) is 21.8. The van der Waals surface area contributed by atoms with Crippen LogP contribution in [-0.2, 0) is 9.59 Å². The van der Waals surface area contributed by atoms with Crippen LogP contribution in [0.15, 0.2) is 18.2 Å². The minimum Gasteiger partial charge on any atom is -0.550 e. The third-order valence-corrected chi connectivity index (χ3v) is 4.20. The van der Waals surface area contributed by atoms with Gasteiger partial charge in [-0.2, -0.15) is 0 Å². The summed E-state index contributed by atoms with van der Waals surface area (Å²) in [5.41, 5.74) is 0.484. The minimum atomic E-state index is -0.996. The quantitative estimate of drug-likeness (QED) is 0.814. The Bertz CT molecular complexity index is 543. The molecule has 1 aliphatic rings. The van der Waals surface area contributed by atoms with Crippen molar-refractivity contribution >= 4 is 40.8 Å². The van der Waals surface area contributed by atoms with E-state index in [0.717, 1.165) is 4.90 Å². The third kappa shape index (κ3) is 4.59. The Balaban J connectivity index is 1.85. The Morgan fingerprint density at radius 1 is 1.29 bits per heavy atom. The molecule has 0 bridgehead atoms. The number of carboxylic acids is 1. The summed E-state index contributed by atoms with van der Waals surface area (Å²) in [6.45, 7) is 1.58. The van der Waals surface area contributed by atoms with Crippen LogP contribution in [0, 0.1) is 5.92 Å². The molecule has 1 heterocycles. The van der Waals surface area contributed by atoms with Gasteiger partial charge >= 0.3 is 0 Å². The highest BCUT2D eigenvalue weighted by molar-refractivity contribution is 6.35. The van der Waals surface area contributed by atoms with E-state index in [1.807, 2.05) is 0 Å². The van der Waals surface area contributed by atoms with Gasteiger partial charge in [-0.05, 0) is 18.2 Å². The van der Waals surface area contributed by atoms with Gasteiger partial charge in [-0.1, -0.05) is 23.2 Å². The van der Waals surface area contributed by atoms with Crippen molar-refractivity contribution in [2.24, 2.45) is 5.92 Å². The lowest BCUT2D eigenvalue weighted by molar-refractivity contribution is -0.897. The van der Waals surface area contributed by atoms with Gasteiger partial charge in [0.15, 0.2) is 6.54 Å². The summed E-state index contributed by atoms with van der Waals surface area (Å²) >= 11 is 11.8. The van der Waals surface area contributed by atoms with Gasteiger partial charge in [0.05, 0.1) is 23.8 Å². The Hall–Kier alpha value is -1.30. The molecule has 0 saturated carbocycles. The van der Waals surface area contributed by atoms with Crippen LogP contribution in [0.4, 0.5) is 5.69 Å². The van der Waals surface area contributed by atoms with Gasteiger partial charge < -0.3 is 20.1 Å². The van der Waals surface area contributed by atoms with Crippen LogP contribution in [-0.4, -0.2) is 31.5 Å². The molecule has 1 aliphatic heterocycles. The molecule has 2 rings (SSSR count). The molecule has 0 unspecified atom stereocenters. The number of carbonyl (C=O) groups is 2. The second-order valence-corrected chi connectivity index (χ2v) is 6.04. The molecule has 1 fully saturated rings. The summed E-state index contributed by atoms with van der Waals surface area (Å²) in [5, 5.41) is 14.4. The summed E-state index contributed by atoms with van der Waals surface area (Å²) in [6, 6.07) is 4.87. The molecule has 0 atom stereocenters. The third-order valence-electron chi connectivity index (χ3n) is 3.64. The molecule has 0 spiro atoms. The lowest BCUT2D eigenvalue weighted by Gasteiger charge is -2.29. The molecule has 114 valence electrons. The van der Waals surface area contributed by atoms with Crippen LogP contribution in [0.1, 0.15) is 12.8 Å². The fourth-order valence-electron chi connectivity index (χ4n) is 2.45. The predicted molar refractivity (Wildman–Crippen MR) is 78.4 cm³/mol. The van der Waals surface area contributed by atoms with Crippen molar-refractivity contribution in [1.29, 1.82) is 0 Å². The highest BCUT2D eigenvalue weighted by Crippen LogP contribution is 2.25. The van der Waals surface area contributed by atoms with Crippen molar-refractivity contribution < 1.29 is 19.6 Å². The van der Waals surface area contributed by atoms with Crippen LogP contribution >= 0.6 is 23.2 Å². The van der Waals surface area contributed by atoms with Gasteiger partial charge in [-0.15, -0.1) is 0 Å². The van der Waals surface area contributed by atoms with E-state index < -0.39 is 5.97 Å². The van der Waals surface area contributed by atoms with E-state index in [0.29, 0.717) is 41.7 Å². The van der Waals surface area contributed by atoms with Crippen molar-refractivity contribution in [2.45, 2.75) is 12.8 Å². The molecule has 1 amide bonds. The SMILES string of the molecule is O=C(C[NH+]1CCC(C(=O)[O-])CC1)Nc1cc(Cl)ccc1Cl. The molecule has 1 aromatic carbocycles. The number of rotatable bonds is 4. The van der Waals surface area contributed by atoms with Crippen molar-refractivity contribution in [3.8, 4) is 0 Å². The number of carboxylic acid groups (broad SMARTS) is 1. The number of anilines is 1. The fraction of sp³-hybridized carbons (Fsp3) is 0.429. The van der Waals surface area contributed by atoms with Crippen LogP contribution in [0.25, 0.3) is 0 Å². The lowest BCUT2D eigenvalue weighted by atomic mass is 9.97. The Morgan fingerprint density at radius 3 is 2.57 bits per heavy atom. The number of amides is 1. The molecule has 1 aromatic rings. The summed E-state index contributed by atoms with van der Waals surface area (Å²) in [6.07, 6.45) is 1.09. The van der Waals surface area contributed by atoms with Gasteiger partial charge in [0.1, 0.15) is 0 Å². The Morgan fingerprint density at radius 2 is 1.95 bits per heavy atom. The molecule has 0 aliphatic carbocycles. The fourth-order valence-corrected chi connectivity index (χ4v) is 2.79. The molecule has 21 heavy (non-hydrogen) atoms. The van der Waals surface area contributed by atoms with Crippen molar-refractivity contribution in [2.75, 3.05) is 25.0 Å². The lowest BCUT2D eigenvalue weighted by Crippen LogP contribution is -3.14. The van der Waals surface area contributed by atoms with Gasteiger partial charge in [0.25, 0.3) is 5.91 Å². The maximum atomic E-state index is 12.0. The maximum Gasteiger partial charge on any atom is 0.279 e. The number of likely N-dealkylation sites (tertiary alicyclic amines) is 1. The number of nitrogens with one attached hydrogen (secondary N) is 2. The first kappa shape index (κ1) is 16.1. The number of halogens is 2. The number of quaternary nitrogens is 1. The Kier molecular flexibility index (Phi) is 5.45. The summed E-state index contributed by atoms with van der Waals surface area (Å²) in [5.74, 6) is -1.55. The van der Waals surface area contributed by atoms with Gasteiger partial charge in [-0.25, -0.2) is 0 Å². The number of carbonyl (C=O) groups excluding carboxylic acids is 2. The van der Waals surface area contributed by atoms with E-state index in [4.69, 9.17) is 23.2 Å². The topological polar surface area (TPSA) is 73.7 Å². The number of aliphatic carboxylic acids is 1. The van der Waals surface area contributed by atoms with Crippen LogP contribution in [0.5, 0.6) is 0 Å². The molecule has 2 N–H and O–H groups in total. The first-order valence-electron chi connectivity index (χ1n) is 6.75. The number of piperidine rings is 1. The van der Waals surface area contributed by atoms with Gasteiger partial charge in [0.2, 0.25) is 0 Å². The monoisotopic (exact) mass is 330 g/mol. The first-order chi connectivity index (χ1) is 9.95. The van der Waals surface area contributed by atoms with Crippen molar-refractivity contribution in [3.63, 3.8) is 0 Å². The maximum absolute atomic E-state index is 12.0. The molecule has 7 heteroatoms. The van der Waals surface area contributed by atoms with E-state index in [1.54, 1.807) is 18.2 Å². The minimum absolute atomic E-state index is 0.166. The molecule has 1 saturated heterocycles. The first-order valence-corrected chi connectivity index (χ1v) is 7.50. The van der Waals surface area contributed by atoms with Crippen molar-refractivity contribution in [1.82, 2.24) is 0 Å². The largest absolute Gasteiger partial charge is 0.550 e. The zero-order valence-corrected chi connectivity index (χ0v) is 12.8. The van der Waals surface area contributed by atoms with Gasteiger partial charge in [0, 0.05) is 29.8 Å². The molecule has 0 radical (unpaired) electrons. The average molecular weight is 331 g/mol. The van der Waals surface area contributed by atoms with Crippen LogP contribution in [0.3, 0.4) is 0 Å². The summed E-state index contributed by atoms with van der Waals surface area (Å²) in [4.78, 5) is 23.8. The van der Waals surface area contributed by atoms with Gasteiger partial charge in [-0.3, -0.25) is 4.79 Å². The van der Waals surface area contributed by atoms with Crippen LogP contribution in [0.2, 0.25) is 10.0 Å². The average Bonchev–Trinajstić information content (AvgIpc) is 2.43. The molecule has 0 aromatic heterocycles.